The first-order chi connectivity index (χ1) is 13.2. The van der Waals surface area contributed by atoms with Crippen LogP contribution < -0.4 is 0 Å². The fraction of sp³-hybridized carbons (Fsp3) is 0.364. The Morgan fingerprint density at radius 3 is 1.67 bits per heavy atom. The molecule has 0 amide bonds. The predicted octanol–water partition coefficient (Wildman–Crippen LogP) is 3.40. The maximum atomic E-state index is 13.3. The Kier molecular flexibility index (Phi) is 7.10. The molecular weight excluding hydrogens is 346 g/mol. The van der Waals surface area contributed by atoms with Crippen LogP contribution >= 0.6 is 0 Å². The summed E-state index contributed by atoms with van der Waals surface area (Å²) in [5.74, 6) is -0.532. The van der Waals surface area contributed by atoms with E-state index >= 15 is 0 Å². The Labute approximate surface area is 159 Å². The molecule has 1 heterocycles. The summed E-state index contributed by atoms with van der Waals surface area (Å²) < 4.78 is 26.6. The van der Waals surface area contributed by atoms with Crippen molar-refractivity contribution in [2.24, 2.45) is 0 Å². The molecule has 0 radical (unpaired) electrons. The van der Waals surface area contributed by atoms with Crippen LogP contribution in [0.5, 0.6) is 0 Å². The molecule has 0 aromatic heterocycles. The number of aliphatic hydroxyl groups is 1. The van der Waals surface area contributed by atoms with Gasteiger partial charge < -0.3 is 10.0 Å². The van der Waals surface area contributed by atoms with E-state index in [9.17, 15) is 8.78 Å². The first kappa shape index (κ1) is 19.7. The zero-order valence-electron chi connectivity index (χ0n) is 15.5. The first-order valence-corrected chi connectivity index (χ1v) is 9.43. The van der Waals surface area contributed by atoms with Crippen molar-refractivity contribution in [1.82, 2.24) is 9.80 Å². The molecule has 1 saturated heterocycles. The van der Waals surface area contributed by atoms with E-state index < -0.39 is 0 Å². The summed E-state index contributed by atoms with van der Waals surface area (Å²) in [6.07, 6.45) is 3.02. The highest BCUT2D eigenvalue weighted by molar-refractivity contribution is 5.79. The summed E-state index contributed by atoms with van der Waals surface area (Å²) in [7, 11) is 0. The van der Waals surface area contributed by atoms with Crippen LogP contribution in [0.3, 0.4) is 0 Å². The molecule has 0 bridgehead atoms. The second-order valence-corrected chi connectivity index (χ2v) is 6.83. The average molecular weight is 372 g/mol. The van der Waals surface area contributed by atoms with Crippen molar-refractivity contribution < 1.29 is 13.9 Å². The first-order valence-electron chi connectivity index (χ1n) is 9.43. The summed E-state index contributed by atoms with van der Waals surface area (Å²) in [6, 6.07) is 12.9. The van der Waals surface area contributed by atoms with Crippen molar-refractivity contribution in [3.63, 3.8) is 0 Å². The van der Waals surface area contributed by atoms with E-state index in [2.05, 4.69) is 15.9 Å². The van der Waals surface area contributed by atoms with Gasteiger partial charge in [0.15, 0.2) is 0 Å². The minimum Gasteiger partial charge on any atom is -0.395 e. The lowest BCUT2D eigenvalue weighted by Gasteiger charge is -2.34. The summed E-state index contributed by atoms with van der Waals surface area (Å²) in [6.45, 7) is 5.85. The number of piperazine rings is 1. The van der Waals surface area contributed by atoms with Gasteiger partial charge in [0.05, 0.1) is 6.61 Å². The van der Waals surface area contributed by atoms with Gasteiger partial charge in [0.2, 0.25) is 0 Å². The van der Waals surface area contributed by atoms with E-state index in [0.29, 0.717) is 0 Å². The third-order valence-corrected chi connectivity index (χ3v) is 4.99. The fourth-order valence-electron chi connectivity index (χ4n) is 3.43. The lowest BCUT2D eigenvalue weighted by atomic mass is 9.96. The lowest BCUT2D eigenvalue weighted by molar-refractivity contribution is 0.114. The molecule has 1 N–H and O–H groups in total. The number of hydrogen-bond donors (Lipinski definition) is 1. The van der Waals surface area contributed by atoms with Crippen LogP contribution in [0.15, 0.2) is 54.6 Å². The molecule has 2 aromatic carbocycles. The van der Waals surface area contributed by atoms with Crippen LogP contribution in [0.4, 0.5) is 8.78 Å². The van der Waals surface area contributed by atoms with Gasteiger partial charge >= 0.3 is 0 Å². The van der Waals surface area contributed by atoms with Crippen LogP contribution in [-0.2, 0) is 0 Å². The third-order valence-electron chi connectivity index (χ3n) is 4.99. The minimum atomic E-state index is -0.266. The Morgan fingerprint density at radius 2 is 1.22 bits per heavy atom. The zero-order valence-corrected chi connectivity index (χ0v) is 15.5. The zero-order chi connectivity index (χ0) is 19.1. The molecule has 144 valence electrons. The molecular formula is C22H26F2N2O. The molecule has 5 heteroatoms. The fourth-order valence-corrected chi connectivity index (χ4v) is 3.43. The maximum Gasteiger partial charge on any atom is 0.123 e. The van der Waals surface area contributed by atoms with Crippen LogP contribution in [0.1, 0.15) is 17.5 Å². The molecule has 3 rings (SSSR count). The maximum absolute atomic E-state index is 13.3. The van der Waals surface area contributed by atoms with Gasteiger partial charge in [-0.1, -0.05) is 30.3 Å². The largest absolute Gasteiger partial charge is 0.395 e. The van der Waals surface area contributed by atoms with E-state index in [1.54, 1.807) is 24.3 Å². The Balaban J connectivity index is 1.67. The van der Waals surface area contributed by atoms with Gasteiger partial charge in [-0.3, -0.25) is 4.90 Å². The van der Waals surface area contributed by atoms with Crippen LogP contribution in [-0.4, -0.2) is 60.8 Å². The van der Waals surface area contributed by atoms with Crippen molar-refractivity contribution >= 4 is 5.57 Å². The summed E-state index contributed by atoms with van der Waals surface area (Å²) in [4.78, 5) is 4.69. The van der Waals surface area contributed by atoms with Gasteiger partial charge in [-0.15, -0.1) is 0 Å². The molecule has 0 spiro atoms. The molecule has 1 aliphatic heterocycles. The number of nitrogens with zero attached hydrogens (tertiary/aromatic N) is 2. The van der Waals surface area contributed by atoms with Gasteiger partial charge in [0.25, 0.3) is 0 Å². The minimum absolute atomic E-state index is 0.210. The van der Waals surface area contributed by atoms with Crippen LogP contribution in [0.25, 0.3) is 5.57 Å². The monoisotopic (exact) mass is 372 g/mol. The second-order valence-electron chi connectivity index (χ2n) is 6.83. The van der Waals surface area contributed by atoms with Gasteiger partial charge in [-0.05, 0) is 47.4 Å². The highest BCUT2D eigenvalue weighted by atomic mass is 19.1. The van der Waals surface area contributed by atoms with E-state index in [1.165, 1.54) is 24.3 Å². The van der Waals surface area contributed by atoms with Crippen molar-refractivity contribution in [2.75, 3.05) is 45.9 Å². The SMILES string of the molecule is OCCN1CCN(CCC=C(c2ccc(F)cc2)c2ccc(F)cc2)CC1. The number of β-amino-alcohol motifs (C(OH)–C–C–N with tert-alkyl or cyclic N) is 1. The number of benzene rings is 2. The summed E-state index contributed by atoms with van der Waals surface area (Å²) >= 11 is 0. The smallest absolute Gasteiger partial charge is 0.123 e. The van der Waals surface area contributed by atoms with Gasteiger partial charge in [-0.2, -0.15) is 0 Å². The molecule has 1 fully saturated rings. The number of aliphatic hydroxyl groups excluding tert-OH is 1. The molecule has 0 unspecified atom stereocenters. The average Bonchev–Trinajstić information content (AvgIpc) is 2.69. The van der Waals surface area contributed by atoms with Crippen molar-refractivity contribution in [3.05, 3.63) is 77.4 Å². The molecule has 27 heavy (non-hydrogen) atoms. The van der Waals surface area contributed by atoms with Gasteiger partial charge in [0, 0.05) is 39.3 Å². The molecule has 1 aliphatic rings. The molecule has 2 aromatic rings. The summed E-state index contributed by atoms with van der Waals surface area (Å²) in [5, 5.41) is 9.03. The van der Waals surface area contributed by atoms with E-state index in [1.807, 2.05) is 0 Å². The summed E-state index contributed by atoms with van der Waals surface area (Å²) in [5.41, 5.74) is 2.85. The van der Waals surface area contributed by atoms with Gasteiger partial charge in [-0.25, -0.2) is 8.78 Å². The highest BCUT2D eigenvalue weighted by Gasteiger charge is 2.15. The van der Waals surface area contributed by atoms with Crippen molar-refractivity contribution in [1.29, 1.82) is 0 Å². The number of rotatable bonds is 7. The van der Waals surface area contributed by atoms with Crippen molar-refractivity contribution in [2.45, 2.75) is 6.42 Å². The second kappa shape index (κ2) is 9.74. The highest BCUT2D eigenvalue weighted by Crippen LogP contribution is 2.24. The van der Waals surface area contributed by atoms with E-state index in [-0.39, 0.29) is 18.2 Å². The lowest BCUT2D eigenvalue weighted by Crippen LogP contribution is -2.47. The van der Waals surface area contributed by atoms with E-state index in [0.717, 1.165) is 62.4 Å². The number of hydrogen-bond acceptors (Lipinski definition) is 3. The Hall–Kier alpha value is -2.08. The van der Waals surface area contributed by atoms with Crippen LogP contribution in [0.2, 0.25) is 0 Å². The molecule has 0 saturated carbocycles. The molecule has 3 nitrogen and oxygen atoms in total. The Morgan fingerprint density at radius 1 is 0.778 bits per heavy atom. The van der Waals surface area contributed by atoms with Crippen molar-refractivity contribution in [3.8, 4) is 0 Å². The third kappa shape index (κ3) is 5.70. The molecule has 0 aliphatic carbocycles. The van der Waals surface area contributed by atoms with E-state index in [4.69, 9.17) is 5.11 Å². The quantitative estimate of drug-likeness (QED) is 0.807. The normalized spacial score (nSPS) is 15.7. The Bertz CT molecular complexity index is 688. The number of halogens is 2. The molecule has 0 atom stereocenters. The topological polar surface area (TPSA) is 26.7 Å². The van der Waals surface area contributed by atoms with Crippen LogP contribution in [0, 0.1) is 11.6 Å². The standard InChI is InChI=1S/C22H26F2N2O/c23-20-7-3-18(4-8-20)22(19-5-9-21(24)10-6-19)2-1-11-25-12-14-26(15-13-25)16-17-27/h2-10,27H,1,11-17H2. The predicted molar refractivity (Wildman–Crippen MR) is 104 cm³/mol. The van der Waals surface area contributed by atoms with Gasteiger partial charge in [0.1, 0.15) is 11.6 Å².